The van der Waals surface area contributed by atoms with Gasteiger partial charge in [0.05, 0.1) is 5.69 Å². The van der Waals surface area contributed by atoms with Gasteiger partial charge in [-0.2, -0.15) is 8.78 Å². The van der Waals surface area contributed by atoms with Gasteiger partial charge in [-0.15, -0.1) is 0 Å². The first kappa shape index (κ1) is 20.9. The van der Waals surface area contributed by atoms with Crippen LogP contribution < -0.4 is 10.1 Å². The van der Waals surface area contributed by atoms with Crippen molar-refractivity contribution in [2.45, 2.75) is 39.2 Å². The first-order chi connectivity index (χ1) is 12.9. The number of rotatable bonds is 7. The minimum absolute atomic E-state index is 0.0784. The Kier molecular flexibility index (Phi) is 7.82. The molecule has 0 spiro atoms. The van der Waals surface area contributed by atoms with Gasteiger partial charge in [0.25, 0.3) is 0 Å². The monoisotopic (exact) mass is 383 g/mol. The predicted octanol–water partition coefficient (Wildman–Crippen LogP) is 3.79. The summed E-state index contributed by atoms with van der Waals surface area (Å²) in [5, 5.41) is 2.61. The van der Waals surface area contributed by atoms with Gasteiger partial charge in [-0.25, -0.2) is 4.79 Å². The Morgan fingerprint density at radius 1 is 1.30 bits per heavy atom. The van der Waals surface area contributed by atoms with Gasteiger partial charge >= 0.3 is 12.6 Å². The molecule has 0 radical (unpaired) electrons. The standard InChI is InChI=1S/C19H27F2N3O3/c1-3-4-11-23(2)17(25)14-9-12-24(13-10-14)19(26)22-15-7-5-6-8-16(15)27-18(20)21/h5-8,14,18H,3-4,9-13H2,1-2H3,(H,22,26). The van der Waals surface area contributed by atoms with E-state index >= 15 is 0 Å². The second kappa shape index (κ2) is 10.1. The Labute approximate surface area is 158 Å². The number of nitrogens with zero attached hydrogens (tertiary/aromatic N) is 2. The lowest BCUT2D eigenvalue weighted by molar-refractivity contribution is -0.135. The summed E-state index contributed by atoms with van der Waals surface area (Å²) >= 11 is 0. The number of nitrogens with one attached hydrogen (secondary N) is 1. The van der Waals surface area contributed by atoms with Crippen LogP contribution in [0.5, 0.6) is 5.75 Å². The highest BCUT2D eigenvalue weighted by atomic mass is 19.3. The number of benzene rings is 1. The molecule has 1 aromatic carbocycles. The molecule has 0 unspecified atom stereocenters. The number of ether oxygens (including phenoxy) is 1. The molecule has 1 aromatic rings. The fraction of sp³-hybridized carbons (Fsp3) is 0.579. The molecule has 1 saturated heterocycles. The highest BCUT2D eigenvalue weighted by Crippen LogP contribution is 2.27. The second-order valence-electron chi connectivity index (χ2n) is 6.68. The molecule has 0 saturated carbocycles. The van der Waals surface area contributed by atoms with E-state index in [1.165, 1.54) is 12.1 Å². The lowest BCUT2D eigenvalue weighted by Crippen LogP contribution is -2.45. The van der Waals surface area contributed by atoms with E-state index in [-0.39, 0.29) is 29.3 Å². The normalized spacial score (nSPS) is 14.9. The number of para-hydroxylation sites is 2. The predicted molar refractivity (Wildman–Crippen MR) is 98.9 cm³/mol. The molecule has 1 aliphatic heterocycles. The molecule has 0 atom stereocenters. The molecule has 2 rings (SSSR count). The molecule has 8 heteroatoms. The third-order valence-corrected chi connectivity index (χ3v) is 4.70. The number of amides is 3. The summed E-state index contributed by atoms with van der Waals surface area (Å²) in [6.45, 7) is 0.759. The number of hydrogen-bond acceptors (Lipinski definition) is 3. The van der Waals surface area contributed by atoms with Crippen LogP contribution in [0.3, 0.4) is 0 Å². The van der Waals surface area contributed by atoms with Crippen LogP contribution in [0.15, 0.2) is 24.3 Å². The molecular weight excluding hydrogens is 356 g/mol. The SMILES string of the molecule is CCCCN(C)C(=O)C1CCN(C(=O)Nc2ccccc2OC(F)F)CC1. The molecule has 1 heterocycles. The Morgan fingerprint density at radius 3 is 2.59 bits per heavy atom. The molecule has 1 N–H and O–H groups in total. The van der Waals surface area contributed by atoms with Crippen molar-refractivity contribution in [3.8, 4) is 5.75 Å². The Hall–Kier alpha value is -2.38. The van der Waals surface area contributed by atoms with Gasteiger partial charge < -0.3 is 19.9 Å². The number of piperidine rings is 1. The van der Waals surface area contributed by atoms with Crippen LogP contribution in [-0.4, -0.2) is 55.0 Å². The van der Waals surface area contributed by atoms with Gasteiger partial charge in [0, 0.05) is 32.6 Å². The molecule has 1 fully saturated rings. The zero-order valence-electron chi connectivity index (χ0n) is 15.8. The average Bonchev–Trinajstić information content (AvgIpc) is 2.66. The van der Waals surface area contributed by atoms with Crippen LogP contribution in [-0.2, 0) is 4.79 Å². The molecule has 3 amide bonds. The van der Waals surface area contributed by atoms with E-state index in [9.17, 15) is 18.4 Å². The third-order valence-electron chi connectivity index (χ3n) is 4.70. The molecule has 27 heavy (non-hydrogen) atoms. The summed E-state index contributed by atoms with van der Waals surface area (Å²) < 4.78 is 29.4. The van der Waals surface area contributed by atoms with Crippen molar-refractivity contribution in [3.05, 3.63) is 24.3 Å². The number of urea groups is 1. The topological polar surface area (TPSA) is 61.9 Å². The van der Waals surface area contributed by atoms with Crippen LogP contribution in [0.25, 0.3) is 0 Å². The van der Waals surface area contributed by atoms with E-state index in [4.69, 9.17) is 0 Å². The number of unbranched alkanes of at least 4 members (excludes halogenated alkanes) is 1. The van der Waals surface area contributed by atoms with Gasteiger partial charge in [0.1, 0.15) is 5.75 Å². The van der Waals surface area contributed by atoms with Gasteiger partial charge in [-0.3, -0.25) is 4.79 Å². The fourth-order valence-electron chi connectivity index (χ4n) is 3.11. The highest BCUT2D eigenvalue weighted by molar-refractivity contribution is 5.91. The van der Waals surface area contributed by atoms with Crippen molar-refractivity contribution in [3.63, 3.8) is 0 Å². The largest absolute Gasteiger partial charge is 0.433 e. The minimum atomic E-state index is -2.96. The van der Waals surface area contributed by atoms with Crippen molar-refractivity contribution >= 4 is 17.6 Å². The quantitative estimate of drug-likeness (QED) is 0.779. The molecule has 0 aliphatic carbocycles. The molecule has 0 bridgehead atoms. The maximum atomic E-state index is 12.5. The zero-order valence-corrected chi connectivity index (χ0v) is 15.8. The Bertz CT molecular complexity index is 634. The van der Waals surface area contributed by atoms with Gasteiger partial charge in [-0.05, 0) is 31.4 Å². The van der Waals surface area contributed by atoms with Crippen molar-refractivity contribution in [2.24, 2.45) is 5.92 Å². The maximum Gasteiger partial charge on any atom is 0.387 e. The molecule has 1 aliphatic rings. The summed E-state index contributed by atoms with van der Waals surface area (Å²) in [5.74, 6) is -0.0343. The van der Waals surface area contributed by atoms with Gasteiger partial charge in [0.15, 0.2) is 0 Å². The van der Waals surface area contributed by atoms with Crippen molar-refractivity contribution in [1.82, 2.24) is 9.80 Å². The van der Waals surface area contributed by atoms with Crippen molar-refractivity contribution < 1.29 is 23.1 Å². The summed E-state index contributed by atoms with van der Waals surface area (Å²) in [5.41, 5.74) is 0.195. The van der Waals surface area contributed by atoms with E-state index in [1.807, 2.05) is 7.05 Å². The molecule has 6 nitrogen and oxygen atoms in total. The highest BCUT2D eigenvalue weighted by Gasteiger charge is 2.29. The van der Waals surface area contributed by atoms with Crippen molar-refractivity contribution in [2.75, 3.05) is 32.0 Å². The third kappa shape index (κ3) is 6.08. The summed E-state index contributed by atoms with van der Waals surface area (Å²) in [6, 6.07) is 5.68. The van der Waals surface area contributed by atoms with Gasteiger partial charge in [-0.1, -0.05) is 25.5 Å². The van der Waals surface area contributed by atoms with E-state index < -0.39 is 6.61 Å². The number of carbonyl (C=O) groups is 2. The average molecular weight is 383 g/mol. The number of hydrogen-bond donors (Lipinski definition) is 1. The number of anilines is 1. The summed E-state index contributed by atoms with van der Waals surface area (Å²) in [6.07, 6.45) is 3.20. The van der Waals surface area contributed by atoms with Crippen LogP contribution in [0.4, 0.5) is 19.3 Å². The lowest BCUT2D eigenvalue weighted by atomic mass is 9.95. The van der Waals surface area contributed by atoms with E-state index in [0.29, 0.717) is 25.9 Å². The van der Waals surface area contributed by atoms with Gasteiger partial charge in [0.2, 0.25) is 5.91 Å². The molecular formula is C19H27F2N3O3. The van der Waals surface area contributed by atoms with Crippen molar-refractivity contribution in [1.29, 1.82) is 0 Å². The molecule has 0 aromatic heterocycles. The number of halogens is 2. The van der Waals surface area contributed by atoms with Crippen LogP contribution in [0.2, 0.25) is 0 Å². The first-order valence-corrected chi connectivity index (χ1v) is 9.27. The zero-order chi connectivity index (χ0) is 19.8. The number of alkyl halides is 2. The van der Waals surface area contributed by atoms with E-state index in [2.05, 4.69) is 17.0 Å². The number of likely N-dealkylation sites (tertiary alicyclic amines) is 1. The summed E-state index contributed by atoms with van der Waals surface area (Å²) in [4.78, 5) is 28.2. The van der Waals surface area contributed by atoms with E-state index in [0.717, 1.165) is 19.4 Å². The smallest absolute Gasteiger partial charge is 0.387 e. The molecule has 150 valence electrons. The maximum absolute atomic E-state index is 12.5. The lowest BCUT2D eigenvalue weighted by Gasteiger charge is -2.33. The Morgan fingerprint density at radius 2 is 1.96 bits per heavy atom. The Balaban J connectivity index is 1.87. The second-order valence-corrected chi connectivity index (χ2v) is 6.68. The van der Waals surface area contributed by atoms with Crippen LogP contribution in [0, 0.1) is 5.92 Å². The fourth-order valence-corrected chi connectivity index (χ4v) is 3.11. The summed E-state index contributed by atoms with van der Waals surface area (Å²) in [7, 11) is 1.82. The first-order valence-electron chi connectivity index (χ1n) is 9.27. The minimum Gasteiger partial charge on any atom is -0.433 e. The van der Waals surface area contributed by atoms with Crippen LogP contribution in [0.1, 0.15) is 32.6 Å². The number of carbonyl (C=O) groups excluding carboxylic acids is 2. The van der Waals surface area contributed by atoms with Crippen LogP contribution >= 0.6 is 0 Å². The van der Waals surface area contributed by atoms with E-state index in [1.54, 1.807) is 21.9 Å².